The minimum atomic E-state index is -0.999. The summed E-state index contributed by atoms with van der Waals surface area (Å²) in [6, 6.07) is 8.35. The molecule has 1 aromatic carbocycles. The Kier molecular flexibility index (Phi) is 5.59. The highest BCUT2D eigenvalue weighted by molar-refractivity contribution is 6.34. The maximum absolute atomic E-state index is 13.4. The number of halogens is 1. The van der Waals surface area contributed by atoms with Gasteiger partial charge in [-0.2, -0.15) is 10.4 Å². The first kappa shape index (κ1) is 23.4. The minimum Gasteiger partial charge on any atom is -0.439 e. The van der Waals surface area contributed by atoms with Crippen molar-refractivity contribution in [3.05, 3.63) is 46.6 Å². The van der Waals surface area contributed by atoms with Gasteiger partial charge in [0.15, 0.2) is 11.5 Å². The van der Waals surface area contributed by atoms with Crippen molar-refractivity contribution in [3.8, 4) is 6.07 Å². The van der Waals surface area contributed by atoms with E-state index in [1.807, 2.05) is 20.8 Å². The molecule has 2 aliphatic rings. The van der Waals surface area contributed by atoms with Crippen LogP contribution in [0.4, 0.5) is 0 Å². The summed E-state index contributed by atoms with van der Waals surface area (Å²) >= 11 is 6.21. The fraction of sp³-hybridized carbons (Fsp3) is 0.480. The van der Waals surface area contributed by atoms with E-state index in [9.17, 15) is 14.9 Å². The van der Waals surface area contributed by atoms with E-state index in [2.05, 4.69) is 26.8 Å². The number of hydrogen-bond acceptors (Lipinski definition) is 6. The standard InChI is InChI=1S/C25H27ClN6O3/c1-24(2,3)19-12-18(32(31-19)14-7-8-14)23(34)29-17(22(33)30-25(13-27)9-10-25)11-20-28-16-6-4-5-15(26)21(16)35-20/h4-6,12,14,17H,7-11H2,1-3H3,(H,29,34)(H,30,33)/t17-/m0/s1. The third-order valence-electron chi connectivity index (χ3n) is 6.37. The molecule has 2 aliphatic carbocycles. The van der Waals surface area contributed by atoms with Crippen LogP contribution in [0.2, 0.25) is 5.02 Å². The van der Waals surface area contributed by atoms with Crippen LogP contribution in [0.5, 0.6) is 0 Å². The highest BCUT2D eigenvalue weighted by Gasteiger charge is 2.46. The number of amides is 2. The number of nitrogens with zero attached hydrogens (tertiary/aromatic N) is 4. The summed E-state index contributed by atoms with van der Waals surface area (Å²) in [6.07, 6.45) is 3.09. The maximum Gasteiger partial charge on any atom is 0.270 e. The molecule has 0 aliphatic heterocycles. The maximum atomic E-state index is 13.4. The molecule has 5 rings (SSSR count). The number of hydrogen-bond donors (Lipinski definition) is 2. The van der Waals surface area contributed by atoms with Crippen LogP contribution >= 0.6 is 11.6 Å². The zero-order valence-corrected chi connectivity index (χ0v) is 20.6. The predicted molar refractivity (Wildman–Crippen MR) is 129 cm³/mol. The number of carbonyl (C=O) groups is 2. The normalized spacial score (nSPS) is 17.6. The smallest absolute Gasteiger partial charge is 0.270 e. The van der Waals surface area contributed by atoms with Crippen LogP contribution in [0.25, 0.3) is 11.1 Å². The lowest BCUT2D eigenvalue weighted by molar-refractivity contribution is -0.123. The molecule has 35 heavy (non-hydrogen) atoms. The van der Waals surface area contributed by atoms with Crippen molar-refractivity contribution in [1.82, 2.24) is 25.4 Å². The fourth-order valence-electron chi connectivity index (χ4n) is 3.91. The van der Waals surface area contributed by atoms with Crippen molar-refractivity contribution in [2.45, 2.75) is 75.9 Å². The summed E-state index contributed by atoms with van der Waals surface area (Å²) in [6.45, 7) is 6.12. The predicted octanol–water partition coefficient (Wildman–Crippen LogP) is 3.82. The average Bonchev–Trinajstić information content (AvgIpc) is 3.70. The Morgan fingerprint density at radius 1 is 1.34 bits per heavy atom. The molecule has 0 saturated heterocycles. The molecule has 3 aromatic rings. The van der Waals surface area contributed by atoms with E-state index in [4.69, 9.17) is 16.0 Å². The first-order valence-electron chi connectivity index (χ1n) is 11.8. The molecule has 2 saturated carbocycles. The van der Waals surface area contributed by atoms with E-state index in [-0.39, 0.29) is 23.8 Å². The second-order valence-electron chi connectivity index (χ2n) is 10.4. The largest absolute Gasteiger partial charge is 0.439 e. The zero-order chi connectivity index (χ0) is 25.0. The molecule has 0 radical (unpaired) electrons. The van der Waals surface area contributed by atoms with Gasteiger partial charge in [0.2, 0.25) is 5.91 Å². The van der Waals surface area contributed by atoms with Crippen LogP contribution in [0.15, 0.2) is 28.7 Å². The van der Waals surface area contributed by atoms with Gasteiger partial charge in [0.25, 0.3) is 5.91 Å². The van der Waals surface area contributed by atoms with Crippen molar-refractivity contribution in [3.63, 3.8) is 0 Å². The molecule has 10 heteroatoms. The van der Waals surface area contributed by atoms with Gasteiger partial charge in [0, 0.05) is 5.41 Å². The van der Waals surface area contributed by atoms with Crippen LogP contribution in [0.1, 0.15) is 74.6 Å². The monoisotopic (exact) mass is 494 g/mol. The summed E-state index contributed by atoms with van der Waals surface area (Å²) in [7, 11) is 0. The lowest BCUT2D eigenvalue weighted by Crippen LogP contribution is -2.51. The average molecular weight is 495 g/mol. The lowest BCUT2D eigenvalue weighted by atomic mass is 9.92. The summed E-state index contributed by atoms with van der Waals surface area (Å²) in [5.74, 6) is -0.600. The van der Waals surface area contributed by atoms with Crippen LogP contribution in [-0.4, -0.2) is 38.2 Å². The SMILES string of the molecule is CC(C)(C)c1cc(C(=O)N[C@@H](Cc2nc3cccc(Cl)c3o2)C(=O)NC2(C#N)CC2)n(C2CC2)n1. The van der Waals surface area contributed by atoms with Crippen molar-refractivity contribution in [1.29, 1.82) is 5.26 Å². The van der Waals surface area contributed by atoms with Gasteiger partial charge in [0.05, 0.1) is 29.2 Å². The molecule has 2 N–H and O–H groups in total. The van der Waals surface area contributed by atoms with E-state index in [0.29, 0.717) is 34.7 Å². The Balaban J connectivity index is 1.43. The number of nitriles is 1. The van der Waals surface area contributed by atoms with Gasteiger partial charge in [-0.3, -0.25) is 14.3 Å². The van der Waals surface area contributed by atoms with E-state index in [1.165, 1.54) is 0 Å². The lowest BCUT2D eigenvalue weighted by Gasteiger charge is -2.19. The molecule has 0 spiro atoms. The molecule has 0 bridgehead atoms. The van der Waals surface area contributed by atoms with Crippen molar-refractivity contribution in [2.75, 3.05) is 0 Å². The van der Waals surface area contributed by atoms with Crippen LogP contribution in [0.3, 0.4) is 0 Å². The highest BCUT2D eigenvalue weighted by Crippen LogP contribution is 2.37. The second kappa shape index (κ2) is 8.38. The van der Waals surface area contributed by atoms with Crippen molar-refractivity contribution >= 4 is 34.5 Å². The summed E-state index contributed by atoms with van der Waals surface area (Å²) < 4.78 is 7.57. The Hall–Kier alpha value is -3.38. The Labute approximate surface area is 207 Å². The Morgan fingerprint density at radius 3 is 2.69 bits per heavy atom. The van der Waals surface area contributed by atoms with Gasteiger partial charge in [-0.05, 0) is 43.9 Å². The molecule has 9 nitrogen and oxygen atoms in total. The minimum absolute atomic E-state index is 0.00772. The quantitative estimate of drug-likeness (QED) is 0.514. The third-order valence-corrected chi connectivity index (χ3v) is 6.67. The Bertz CT molecular complexity index is 1350. The van der Waals surface area contributed by atoms with Gasteiger partial charge in [-0.15, -0.1) is 0 Å². The van der Waals surface area contributed by atoms with Crippen LogP contribution < -0.4 is 10.6 Å². The van der Waals surface area contributed by atoms with Crippen molar-refractivity contribution < 1.29 is 14.0 Å². The first-order chi connectivity index (χ1) is 16.6. The molecule has 1 atom stereocenters. The summed E-state index contributed by atoms with van der Waals surface area (Å²) in [4.78, 5) is 31.1. The van der Waals surface area contributed by atoms with Gasteiger partial charge < -0.3 is 15.1 Å². The third kappa shape index (κ3) is 4.76. The van der Waals surface area contributed by atoms with Gasteiger partial charge in [-0.25, -0.2) is 4.98 Å². The second-order valence-corrected chi connectivity index (χ2v) is 10.9. The molecule has 2 amide bonds. The fourth-order valence-corrected chi connectivity index (χ4v) is 4.11. The van der Waals surface area contributed by atoms with Gasteiger partial charge in [0.1, 0.15) is 22.8 Å². The number of benzene rings is 1. The van der Waals surface area contributed by atoms with Crippen LogP contribution in [-0.2, 0) is 16.6 Å². The summed E-state index contributed by atoms with van der Waals surface area (Å²) in [5, 5.41) is 20.2. The zero-order valence-electron chi connectivity index (χ0n) is 19.9. The number of rotatable bonds is 7. The topological polar surface area (TPSA) is 126 Å². The van der Waals surface area contributed by atoms with E-state index >= 15 is 0 Å². The molecular formula is C25H27ClN6O3. The highest BCUT2D eigenvalue weighted by atomic mass is 35.5. The molecule has 2 heterocycles. The van der Waals surface area contributed by atoms with E-state index < -0.39 is 23.4 Å². The number of carbonyl (C=O) groups excluding carboxylic acids is 2. The summed E-state index contributed by atoms with van der Waals surface area (Å²) in [5.41, 5.74) is 1.11. The Morgan fingerprint density at radius 2 is 2.09 bits per heavy atom. The van der Waals surface area contributed by atoms with E-state index in [1.54, 1.807) is 28.9 Å². The number of para-hydroxylation sites is 1. The first-order valence-corrected chi connectivity index (χ1v) is 12.1. The number of nitrogens with one attached hydrogen (secondary N) is 2. The number of oxazole rings is 1. The van der Waals surface area contributed by atoms with E-state index in [0.717, 1.165) is 18.5 Å². The molecular weight excluding hydrogens is 468 g/mol. The number of aromatic nitrogens is 3. The molecule has 0 unspecified atom stereocenters. The van der Waals surface area contributed by atoms with Crippen molar-refractivity contribution in [2.24, 2.45) is 0 Å². The van der Waals surface area contributed by atoms with Gasteiger partial charge >= 0.3 is 0 Å². The molecule has 182 valence electrons. The van der Waals surface area contributed by atoms with Gasteiger partial charge in [-0.1, -0.05) is 38.4 Å². The van der Waals surface area contributed by atoms with Crippen LogP contribution in [0, 0.1) is 11.3 Å². The molecule has 2 aromatic heterocycles. The number of fused-ring (bicyclic) bond motifs is 1. The molecule has 2 fully saturated rings.